The molecular formula is C16H23ClF4N2. The molecule has 1 aliphatic heterocycles. The van der Waals surface area contributed by atoms with Gasteiger partial charge in [-0.1, -0.05) is 19.8 Å². The Hall–Kier alpha value is -0.850. The summed E-state index contributed by atoms with van der Waals surface area (Å²) in [5, 5.41) is 3.20. The number of nitrogens with one attached hydrogen (secondary N) is 1. The van der Waals surface area contributed by atoms with Crippen LogP contribution >= 0.6 is 12.4 Å². The molecule has 0 saturated carbocycles. The molecule has 0 radical (unpaired) electrons. The molecule has 1 N–H and O–H groups in total. The molecule has 0 spiro atoms. The Kier molecular flexibility index (Phi) is 7.77. The molecule has 1 aliphatic rings. The van der Waals surface area contributed by atoms with Crippen molar-refractivity contribution in [3.63, 3.8) is 0 Å². The topological polar surface area (TPSA) is 15.3 Å². The largest absolute Gasteiger partial charge is 0.416 e. The van der Waals surface area contributed by atoms with E-state index in [0.717, 1.165) is 44.1 Å². The highest BCUT2D eigenvalue weighted by molar-refractivity contribution is 5.85. The first-order valence-electron chi connectivity index (χ1n) is 7.75. The van der Waals surface area contributed by atoms with Crippen LogP contribution in [0.5, 0.6) is 0 Å². The monoisotopic (exact) mass is 354 g/mol. The molecule has 0 bridgehead atoms. The van der Waals surface area contributed by atoms with Gasteiger partial charge in [0.2, 0.25) is 0 Å². The zero-order chi connectivity index (χ0) is 16.2. The molecule has 0 unspecified atom stereocenters. The van der Waals surface area contributed by atoms with E-state index in [1.807, 2.05) is 11.8 Å². The van der Waals surface area contributed by atoms with Crippen LogP contribution in [-0.4, -0.2) is 31.1 Å². The van der Waals surface area contributed by atoms with E-state index in [4.69, 9.17) is 0 Å². The minimum absolute atomic E-state index is 0. The summed E-state index contributed by atoms with van der Waals surface area (Å²) < 4.78 is 53.4. The molecule has 1 heterocycles. The van der Waals surface area contributed by atoms with Crippen LogP contribution in [0.4, 0.5) is 17.6 Å². The highest BCUT2D eigenvalue weighted by Crippen LogP contribution is 2.38. The number of unbranched alkanes of at least 4 members (excludes halogenated alkanes) is 1. The number of hydrogen-bond acceptors (Lipinski definition) is 2. The number of halogens is 5. The van der Waals surface area contributed by atoms with Crippen molar-refractivity contribution in [3.05, 3.63) is 35.1 Å². The minimum atomic E-state index is -4.46. The summed E-state index contributed by atoms with van der Waals surface area (Å²) in [7, 11) is 0. The van der Waals surface area contributed by atoms with Gasteiger partial charge in [0.1, 0.15) is 5.82 Å². The molecule has 7 heteroatoms. The van der Waals surface area contributed by atoms with E-state index in [9.17, 15) is 17.6 Å². The Balaban J connectivity index is 0.00000264. The summed E-state index contributed by atoms with van der Waals surface area (Å²) in [5.74, 6) is -0.611. The summed E-state index contributed by atoms with van der Waals surface area (Å²) >= 11 is 0. The van der Waals surface area contributed by atoms with Gasteiger partial charge in [-0.15, -0.1) is 12.4 Å². The summed E-state index contributed by atoms with van der Waals surface area (Å²) in [4.78, 5) is 2.04. The van der Waals surface area contributed by atoms with Crippen LogP contribution in [0.3, 0.4) is 0 Å². The summed E-state index contributed by atoms with van der Waals surface area (Å²) in [6.07, 6.45) is -2.12. The van der Waals surface area contributed by atoms with Crippen LogP contribution in [0.2, 0.25) is 0 Å². The van der Waals surface area contributed by atoms with Gasteiger partial charge in [0.25, 0.3) is 0 Å². The normalized spacial score (nSPS) is 17.6. The van der Waals surface area contributed by atoms with Gasteiger partial charge in [-0.2, -0.15) is 13.2 Å². The number of piperazine rings is 1. The molecule has 0 aromatic heterocycles. The van der Waals surface area contributed by atoms with Crippen molar-refractivity contribution in [3.8, 4) is 0 Å². The third kappa shape index (κ3) is 5.33. The molecule has 1 aromatic carbocycles. The summed E-state index contributed by atoms with van der Waals surface area (Å²) in [6.45, 7) is 4.87. The summed E-state index contributed by atoms with van der Waals surface area (Å²) in [6, 6.07) is 2.44. The van der Waals surface area contributed by atoms with Crippen LogP contribution in [-0.2, 0) is 6.18 Å². The van der Waals surface area contributed by atoms with Crippen LogP contribution in [0.15, 0.2) is 18.2 Å². The van der Waals surface area contributed by atoms with Gasteiger partial charge in [0, 0.05) is 32.2 Å². The maximum absolute atomic E-state index is 13.6. The molecule has 1 aromatic rings. The lowest BCUT2D eigenvalue weighted by Gasteiger charge is -2.36. The first-order valence-corrected chi connectivity index (χ1v) is 7.75. The van der Waals surface area contributed by atoms with Crippen molar-refractivity contribution in [2.24, 2.45) is 0 Å². The fourth-order valence-electron chi connectivity index (χ4n) is 2.99. The van der Waals surface area contributed by atoms with Crippen molar-refractivity contribution in [2.45, 2.75) is 38.4 Å². The average molecular weight is 355 g/mol. The molecule has 0 amide bonds. The molecule has 1 saturated heterocycles. The first kappa shape index (κ1) is 20.2. The van der Waals surface area contributed by atoms with Crippen LogP contribution < -0.4 is 5.32 Å². The maximum Gasteiger partial charge on any atom is 0.416 e. The van der Waals surface area contributed by atoms with Crippen molar-refractivity contribution in [1.82, 2.24) is 10.2 Å². The SMILES string of the molecule is CCCC[C@H](c1cc(F)ccc1C(F)(F)F)N1CCNCC1.Cl. The van der Waals surface area contributed by atoms with Crippen molar-refractivity contribution >= 4 is 12.4 Å². The molecule has 23 heavy (non-hydrogen) atoms. The standard InChI is InChI=1S/C16H22F4N2.ClH/c1-2-3-4-15(22-9-7-21-8-10-22)13-11-12(17)5-6-14(13)16(18,19)20;/h5-6,11,15,21H,2-4,7-10H2,1H3;1H/t15-;/m1./s1. The Morgan fingerprint density at radius 1 is 1.22 bits per heavy atom. The minimum Gasteiger partial charge on any atom is -0.314 e. The van der Waals surface area contributed by atoms with Crippen molar-refractivity contribution < 1.29 is 17.6 Å². The second-order valence-electron chi connectivity index (χ2n) is 5.67. The molecule has 0 aliphatic carbocycles. The van der Waals surface area contributed by atoms with Gasteiger partial charge < -0.3 is 5.32 Å². The van der Waals surface area contributed by atoms with Crippen molar-refractivity contribution in [2.75, 3.05) is 26.2 Å². The number of nitrogens with zero attached hydrogens (tertiary/aromatic N) is 1. The Morgan fingerprint density at radius 3 is 2.43 bits per heavy atom. The van der Waals surface area contributed by atoms with Crippen LogP contribution in [0, 0.1) is 5.82 Å². The van der Waals surface area contributed by atoms with Gasteiger partial charge in [-0.25, -0.2) is 4.39 Å². The number of rotatable bonds is 5. The molecule has 1 atom stereocenters. The average Bonchev–Trinajstić information content (AvgIpc) is 2.47. The van der Waals surface area contributed by atoms with Gasteiger partial charge in [0.15, 0.2) is 0 Å². The molecular weight excluding hydrogens is 332 g/mol. The van der Waals surface area contributed by atoms with Crippen LogP contribution in [0.1, 0.15) is 43.4 Å². The zero-order valence-corrected chi connectivity index (χ0v) is 13.9. The second kappa shape index (κ2) is 8.85. The lowest BCUT2D eigenvalue weighted by molar-refractivity contribution is -0.138. The fourth-order valence-corrected chi connectivity index (χ4v) is 2.99. The van der Waals surface area contributed by atoms with E-state index in [0.29, 0.717) is 19.5 Å². The third-order valence-corrected chi connectivity index (χ3v) is 4.10. The third-order valence-electron chi connectivity index (χ3n) is 4.10. The quantitative estimate of drug-likeness (QED) is 0.788. The molecule has 2 rings (SSSR count). The maximum atomic E-state index is 13.6. The Morgan fingerprint density at radius 2 is 1.87 bits per heavy atom. The van der Waals surface area contributed by atoms with E-state index >= 15 is 0 Å². The number of benzene rings is 1. The van der Waals surface area contributed by atoms with E-state index in [1.165, 1.54) is 0 Å². The smallest absolute Gasteiger partial charge is 0.314 e. The summed E-state index contributed by atoms with van der Waals surface area (Å²) in [5.41, 5.74) is -0.642. The van der Waals surface area contributed by atoms with Gasteiger partial charge in [0.05, 0.1) is 5.56 Å². The number of alkyl halides is 3. The Bertz CT molecular complexity index is 487. The first-order chi connectivity index (χ1) is 10.4. The van der Waals surface area contributed by atoms with Gasteiger partial charge in [-0.3, -0.25) is 4.90 Å². The van der Waals surface area contributed by atoms with E-state index in [1.54, 1.807) is 0 Å². The molecule has 1 fully saturated rings. The highest BCUT2D eigenvalue weighted by atomic mass is 35.5. The van der Waals surface area contributed by atoms with E-state index < -0.39 is 17.6 Å². The predicted molar refractivity (Wildman–Crippen MR) is 85.4 cm³/mol. The second-order valence-corrected chi connectivity index (χ2v) is 5.67. The zero-order valence-electron chi connectivity index (χ0n) is 13.1. The fraction of sp³-hybridized carbons (Fsp3) is 0.625. The van der Waals surface area contributed by atoms with E-state index in [2.05, 4.69) is 5.32 Å². The lowest BCUT2D eigenvalue weighted by atomic mass is 9.94. The van der Waals surface area contributed by atoms with Crippen LogP contribution in [0.25, 0.3) is 0 Å². The molecule has 132 valence electrons. The predicted octanol–water partition coefficient (Wildman–Crippen LogP) is 4.40. The van der Waals surface area contributed by atoms with Gasteiger partial charge >= 0.3 is 6.18 Å². The number of hydrogen-bond donors (Lipinski definition) is 1. The highest BCUT2D eigenvalue weighted by Gasteiger charge is 2.36. The Labute approximate surface area is 140 Å². The van der Waals surface area contributed by atoms with Gasteiger partial charge in [-0.05, 0) is 30.2 Å². The van der Waals surface area contributed by atoms with Crippen molar-refractivity contribution in [1.29, 1.82) is 0 Å². The lowest BCUT2D eigenvalue weighted by Crippen LogP contribution is -2.45. The molecule has 2 nitrogen and oxygen atoms in total. The van der Waals surface area contributed by atoms with E-state index in [-0.39, 0.29) is 24.0 Å².